The minimum Gasteiger partial charge on any atom is -0.338 e. The molecule has 3 amide bonds. The largest absolute Gasteiger partial charge is 0.338 e. The van der Waals surface area contributed by atoms with Crippen LogP contribution in [0.4, 0.5) is 4.79 Å². The normalized spacial score (nSPS) is 19.0. The number of unbranched alkanes of at least 4 members (excludes halogenated alkanes) is 9. The summed E-state index contributed by atoms with van der Waals surface area (Å²) in [6, 6.07) is -0.247. The average molecular weight is 382 g/mol. The minimum atomic E-state index is -0.299. The Balaban J connectivity index is 2.20. The van der Waals surface area contributed by atoms with Crippen molar-refractivity contribution < 1.29 is 9.59 Å². The van der Waals surface area contributed by atoms with Crippen LogP contribution < -0.4 is 10.6 Å². The van der Waals surface area contributed by atoms with Crippen molar-refractivity contribution in [2.24, 2.45) is 0 Å². The predicted molar refractivity (Wildman–Crippen MR) is 113 cm³/mol. The first-order valence-corrected chi connectivity index (χ1v) is 11.0. The minimum absolute atomic E-state index is 0.0985. The summed E-state index contributed by atoms with van der Waals surface area (Å²) in [5, 5.41) is 6.42. The molecular weight excluding hydrogens is 338 g/mol. The number of nitrogens with zero attached hydrogens (tertiary/aromatic N) is 1. The Kier molecular flexibility index (Phi) is 10.4. The summed E-state index contributed by atoms with van der Waals surface area (Å²) < 4.78 is 0. The molecule has 0 saturated carbocycles. The van der Waals surface area contributed by atoms with Gasteiger partial charge in [0.1, 0.15) is 0 Å². The maximum Gasteiger partial charge on any atom is 0.324 e. The Hall–Kier alpha value is -1.10. The SMILES string of the molecule is CCCCCCCCCCCCNC(=O)N1CC(C)(C)NC(C)(C)CC1=O. The van der Waals surface area contributed by atoms with E-state index in [4.69, 9.17) is 0 Å². The monoisotopic (exact) mass is 381 g/mol. The number of hydrogen-bond donors (Lipinski definition) is 2. The van der Waals surface area contributed by atoms with Crippen LogP contribution in [0.2, 0.25) is 0 Å². The molecule has 0 aromatic heterocycles. The number of carbonyl (C=O) groups excluding carboxylic acids is 2. The van der Waals surface area contributed by atoms with Crippen LogP contribution in [-0.4, -0.2) is 41.0 Å². The maximum atomic E-state index is 12.5. The zero-order valence-corrected chi connectivity index (χ0v) is 18.5. The van der Waals surface area contributed by atoms with Gasteiger partial charge >= 0.3 is 6.03 Å². The van der Waals surface area contributed by atoms with E-state index in [-0.39, 0.29) is 23.0 Å². The van der Waals surface area contributed by atoms with E-state index in [1.54, 1.807) is 0 Å². The van der Waals surface area contributed by atoms with Crippen LogP contribution >= 0.6 is 0 Å². The Bertz CT molecular complexity index is 460. The molecule has 0 aromatic carbocycles. The molecule has 0 radical (unpaired) electrons. The van der Waals surface area contributed by atoms with E-state index in [0.717, 1.165) is 12.8 Å². The second kappa shape index (κ2) is 11.7. The van der Waals surface area contributed by atoms with Gasteiger partial charge < -0.3 is 10.6 Å². The van der Waals surface area contributed by atoms with Crippen molar-refractivity contribution in [3.05, 3.63) is 0 Å². The lowest BCUT2D eigenvalue weighted by atomic mass is 9.96. The molecule has 2 N–H and O–H groups in total. The van der Waals surface area contributed by atoms with Gasteiger partial charge in [-0.15, -0.1) is 0 Å². The summed E-state index contributed by atoms with van der Waals surface area (Å²) in [6.07, 6.45) is 13.1. The van der Waals surface area contributed by atoms with Crippen LogP contribution in [-0.2, 0) is 4.79 Å². The van der Waals surface area contributed by atoms with Crippen molar-refractivity contribution in [3.8, 4) is 0 Å². The number of imide groups is 1. The number of hydrogen-bond acceptors (Lipinski definition) is 3. The topological polar surface area (TPSA) is 61.4 Å². The van der Waals surface area contributed by atoms with E-state index in [1.165, 1.54) is 56.3 Å². The molecule has 1 rings (SSSR count). The molecule has 0 aliphatic carbocycles. The zero-order chi connectivity index (χ0) is 20.3. The summed E-state index contributed by atoms with van der Waals surface area (Å²) in [4.78, 5) is 26.4. The van der Waals surface area contributed by atoms with E-state index in [1.807, 2.05) is 27.7 Å². The molecule has 5 nitrogen and oxygen atoms in total. The molecule has 0 aromatic rings. The van der Waals surface area contributed by atoms with Gasteiger partial charge in [0.2, 0.25) is 5.91 Å². The van der Waals surface area contributed by atoms with Gasteiger partial charge in [0.15, 0.2) is 0 Å². The molecule has 1 aliphatic heterocycles. The number of carbonyl (C=O) groups is 2. The van der Waals surface area contributed by atoms with Crippen molar-refractivity contribution in [1.29, 1.82) is 0 Å². The van der Waals surface area contributed by atoms with Crippen LogP contribution in [0.25, 0.3) is 0 Å². The highest BCUT2D eigenvalue weighted by Gasteiger charge is 2.39. The van der Waals surface area contributed by atoms with Gasteiger partial charge in [0, 0.05) is 30.6 Å². The number of amides is 3. The van der Waals surface area contributed by atoms with Gasteiger partial charge in [-0.1, -0.05) is 64.7 Å². The van der Waals surface area contributed by atoms with E-state index < -0.39 is 0 Å². The first-order chi connectivity index (χ1) is 12.7. The molecule has 0 spiro atoms. The smallest absolute Gasteiger partial charge is 0.324 e. The highest BCUT2D eigenvalue weighted by atomic mass is 16.2. The Morgan fingerprint density at radius 2 is 1.44 bits per heavy atom. The molecular formula is C22H43N3O2. The lowest BCUT2D eigenvalue weighted by molar-refractivity contribution is -0.128. The molecule has 0 atom stereocenters. The summed E-state index contributed by atoms with van der Waals surface area (Å²) in [5.74, 6) is -0.0985. The third-order valence-corrected chi connectivity index (χ3v) is 5.18. The fourth-order valence-electron chi connectivity index (χ4n) is 4.04. The van der Waals surface area contributed by atoms with Crippen LogP contribution in [0.15, 0.2) is 0 Å². The maximum absolute atomic E-state index is 12.5. The van der Waals surface area contributed by atoms with Gasteiger partial charge in [-0.2, -0.15) is 0 Å². The van der Waals surface area contributed by atoms with Crippen molar-refractivity contribution in [2.75, 3.05) is 13.1 Å². The predicted octanol–water partition coefficient (Wildman–Crippen LogP) is 5.00. The molecule has 158 valence electrons. The summed E-state index contributed by atoms with van der Waals surface area (Å²) >= 11 is 0. The number of urea groups is 1. The van der Waals surface area contributed by atoms with E-state index in [2.05, 4.69) is 17.6 Å². The highest BCUT2D eigenvalue weighted by molar-refractivity contribution is 5.95. The van der Waals surface area contributed by atoms with Crippen molar-refractivity contribution in [1.82, 2.24) is 15.5 Å². The van der Waals surface area contributed by atoms with Crippen molar-refractivity contribution >= 4 is 11.9 Å². The van der Waals surface area contributed by atoms with E-state index >= 15 is 0 Å². The molecule has 27 heavy (non-hydrogen) atoms. The van der Waals surface area contributed by atoms with Gasteiger partial charge in [-0.05, 0) is 34.1 Å². The highest BCUT2D eigenvalue weighted by Crippen LogP contribution is 2.22. The van der Waals surface area contributed by atoms with Crippen LogP contribution in [0, 0.1) is 0 Å². The van der Waals surface area contributed by atoms with Crippen LogP contribution in [0.3, 0.4) is 0 Å². The molecule has 0 unspecified atom stereocenters. The Morgan fingerprint density at radius 3 is 2.00 bits per heavy atom. The average Bonchev–Trinajstić information content (AvgIpc) is 2.64. The zero-order valence-electron chi connectivity index (χ0n) is 18.5. The fraction of sp³-hybridized carbons (Fsp3) is 0.909. The summed E-state index contributed by atoms with van der Waals surface area (Å²) in [5.41, 5.74) is -0.587. The van der Waals surface area contributed by atoms with Crippen LogP contribution in [0.5, 0.6) is 0 Å². The fourth-order valence-corrected chi connectivity index (χ4v) is 4.04. The molecule has 1 fully saturated rings. The molecule has 1 aliphatic rings. The van der Waals surface area contributed by atoms with Gasteiger partial charge in [-0.3, -0.25) is 9.69 Å². The van der Waals surface area contributed by atoms with Crippen molar-refractivity contribution in [3.63, 3.8) is 0 Å². The first kappa shape index (κ1) is 23.9. The van der Waals surface area contributed by atoms with Crippen molar-refractivity contribution in [2.45, 2.75) is 116 Å². The quantitative estimate of drug-likeness (QED) is 0.495. The molecule has 1 saturated heterocycles. The lowest BCUT2D eigenvalue weighted by Crippen LogP contribution is -2.55. The second-order valence-electron chi connectivity index (χ2n) is 9.46. The number of rotatable bonds is 11. The van der Waals surface area contributed by atoms with Gasteiger partial charge in [-0.25, -0.2) is 4.79 Å². The van der Waals surface area contributed by atoms with Gasteiger partial charge in [0.25, 0.3) is 0 Å². The standard InChI is InChI=1S/C22H43N3O2/c1-6-7-8-9-10-11-12-13-14-15-16-23-20(27)25-18-22(4,5)24-21(2,3)17-19(25)26/h24H,6-18H2,1-5H3,(H,23,27). The number of nitrogens with one attached hydrogen (secondary N) is 2. The Labute approximate surface area is 167 Å². The Morgan fingerprint density at radius 1 is 0.926 bits per heavy atom. The summed E-state index contributed by atoms with van der Waals surface area (Å²) in [6.45, 7) is 11.4. The first-order valence-electron chi connectivity index (χ1n) is 11.0. The molecule has 1 heterocycles. The van der Waals surface area contributed by atoms with Gasteiger partial charge in [0.05, 0.1) is 0 Å². The third kappa shape index (κ3) is 10.1. The third-order valence-electron chi connectivity index (χ3n) is 5.18. The lowest BCUT2D eigenvalue weighted by Gasteiger charge is -2.34. The summed E-state index contributed by atoms with van der Waals surface area (Å²) in [7, 11) is 0. The van der Waals surface area contributed by atoms with Crippen LogP contribution in [0.1, 0.15) is 105 Å². The molecule has 5 heteroatoms. The van der Waals surface area contributed by atoms with E-state index in [9.17, 15) is 9.59 Å². The second-order valence-corrected chi connectivity index (χ2v) is 9.46. The molecule has 0 bridgehead atoms. The van der Waals surface area contributed by atoms with E-state index in [0.29, 0.717) is 19.5 Å².